The fourth-order valence-corrected chi connectivity index (χ4v) is 2.05. The van der Waals surface area contributed by atoms with Crippen LogP contribution in [0.15, 0.2) is 0 Å². The first-order chi connectivity index (χ1) is 8.78. The summed E-state index contributed by atoms with van der Waals surface area (Å²) in [6.07, 6.45) is 0.590. The summed E-state index contributed by atoms with van der Waals surface area (Å²) in [6.45, 7) is 6.54. The number of carboxylic acid groups (broad SMARTS) is 1. The van der Waals surface area contributed by atoms with E-state index in [0.29, 0.717) is 18.5 Å². The summed E-state index contributed by atoms with van der Waals surface area (Å²) < 4.78 is 0. The van der Waals surface area contributed by atoms with E-state index in [-0.39, 0.29) is 23.8 Å². The van der Waals surface area contributed by atoms with Gasteiger partial charge in [-0.3, -0.25) is 5.10 Å². The second-order valence-electron chi connectivity index (χ2n) is 5.69. The Kier molecular flexibility index (Phi) is 3.21. The van der Waals surface area contributed by atoms with E-state index in [1.54, 1.807) is 4.90 Å². The van der Waals surface area contributed by atoms with Crippen molar-refractivity contribution in [2.75, 3.05) is 6.54 Å². The minimum absolute atomic E-state index is 0.00302. The van der Waals surface area contributed by atoms with Crippen LogP contribution in [-0.4, -0.2) is 44.3 Å². The standard InChI is InChI=1S/C12H18N4O3/c1-12(2,3)13-11(19)16-5-4-8-7(6-16)9(10(17)18)15-14-8/h4-6H2,1-3H3,(H,13,19)(H,14,15)(H,17,18). The molecule has 3 N–H and O–H groups in total. The van der Waals surface area contributed by atoms with Crippen LogP contribution in [0.3, 0.4) is 0 Å². The molecule has 0 saturated carbocycles. The van der Waals surface area contributed by atoms with Crippen LogP contribution in [0, 0.1) is 0 Å². The molecular weight excluding hydrogens is 248 g/mol. The highest BCUT2D eigenvalue weighted by atomic mass is 16.4. The number of aromatic nitrogens is 2. The van der Waals surface area contributed by atoms with E-state index in [1.807, 2.05) is 20.8 Å². The Balaban J connectivity index is 2.15. The Morgan fingerprint density at radius 1 is 1.42 bits per heavy atom. The fourth-order valence-electron chi connectivity index (χ4n) is 2.05. The van der Waals surface area contributed by atoms with Crippen LogP contribution in [0.2, 0.25) is 0 Å². The lowest BCUT2D eigenvalue weighted by Gasteiger charge is -2.30. The number of H-pyrrole nitrogens is 1. The summed E-state index contributed by atoms with van der Waals surface area (Å²) in [6, 6.07) is -0.185. The molecule has 1 aliphatic heterocycles. The van der Waals surface area contributed by atoms with Gasteiger partial charge in [-0.2, -0.15) is 5.10 Å². The fraction of sp³-hybridized carbons (Fsp3) is 0.583. The molecule has 0 spiro atoms. The number of carboxylic acids is 1. The number of rotatable bonds is 1. The monoisotopic (exact) mass is 266 g/mol. The van der Waals surface area contributed by atoms with Crippen molar-refractivity contribution in [3.63, 3.8) is 0 Å². The third kappa shape index (κ3) is 2.86. The number of fused-ring (bicyclic) bond motifs is 1. The molecule has 0 atom stereocenters. The van der Waals surface area contributed by atoms with Crippen molar-refractivity contribution in [1.82, 2.24) is 20.4 Å². The molecular formula is C12H18N4O3. The largest absolute Gasteiger partial charge is 0.476 e. The van der Waals surface area contributed by atoms with E-state index in [1.165, 1.54) is 0 Å². The topological polar surface area (TPSA) is 98.3 Å². The van der Waals surface area contributed by atoms with Crippen LogP contribution in [0.25, 0.3) is 0 Å². The molecule has 2 amide bonds. The average molecular weight is 266 g/mol. The highest BCUT2D eigenvalue weighted by molar-refractivity contribution is 5.87. The maximum atomic E-state index is 12.1. The Hall–Kier alpha value is -2.05. The number of nitrogens with zero attached hydrogens (tertiary/aromatic N) is 2. The number of nitrogens with one attached hydrogen (secondary N) is 2. The molecule has 1 aromatic rings. The van der Waals surface area contributed by atoms with Gasteiger partial charge in [-0.15, -0.1) is 0 Å². The van der Waals surface area contributed by atoms with Gasteiger partial charge in [0.1, 0.15) is 0 Å². The zero-order chi connectivity index (χ0) is 14.2. The van der Waals surface area contributed by atoms with Crippen molar-refractivity contribution in [3.05, 3.63) is 17.0 Å². The molecule has 1 aromatic heterocycles. The molecule has 0 fully saturated rings. The number of carbonyl (C=O) groups is 2. The normalized spacial score (nSPS) is 15.0. The van der Waals surface area contributed by atoms with Crippen molar-refractivity contribution in [3.8, 4) is 0 Å². The van der Waals surface area contributed by atoms with E-state index in [9.17, 15) is 9.59 Å². The minimum atomic E-state index is -1.07. The lowest BCUT2D eigenvalue weighted by atomic mass is 10.1. The van der Waals surface area contributed by atoms with Crippen LogP contribution < -0.4 is 5.32 Å². The quantitative estimate of drug-likeness (QED) is 0.705. The number of aromatic carboxylic acids is 1. The molecule has 0 radical (unpaired) electrons. The summed E-state index contributed by atoms with van der Waals surface area (Å²) >= 11 is 0. The number of hydrogen-bond acceptors (Lipinski definition) is 3. The van der Waals surface area contributed by atoms with E-state index in [2.05, 4.69) is 15.5 Å². The molecule has 0 aromatic carbocycles. The van der Waals surface area contributed by atoms with Crippen molar-refractivity contribution < 1.29 is 14.7 Å². The van der Waals surface area contributed by atoms with E-state index < -0.39 is 5.97 Å². The lowest BCUT2D eigenvalue weighted by Crippen LogP contribution is -2.49. The van der Waals surface area contributed by atoms with Gasteiger partial charge >= 0.3 is 12.0 Å². The summed E-state index contributed by atoms with van der Waals surface area (Å²) in [5, 5.41) is 18.4. The van der Waals surface area contributed by atoms with Gasteiger partial charge in [-0.25, -0.2) is 9.59 Å². The van der Waals surface area contributed by atoms with Gasteiger partial charge in [0.05, 0.1) is 6.54 Å². The molecule has 104 valence electrons. The van der Waals surface area contributed by atoms with Crippen molar-refractivity contribution >= 4 is 12.0 Å². The lowest BCUT2D eigenvalue weighted by molar-refractivity contribution is 0.0687. The molecule has 7 nitrogen and oxygen atoms in total. The Morgan fingerprint density at radius 3 is 2.68 bits per heavy atom. The smallest absolute Gasteiger partial charge is 0.356 e. The minimum Gasteiger partial charge on any atom is -0.476 e. The predicted octanol–water partition coefficient (Wildman–Crippen LogP) is 0.974. The van der Waals surface area contributed by atoms with Gasteiger partial charge in [0.2, 0.25) is 0 Å². The first-order valence-electron chi connectivity index (χ1n) is 6.14. The van der Waals surface area contributed by atoms with E-state index in [4.69, 9.17) is 5.11 Å². The highest BCUT2D eigenvalue weighted by Gasteiger charge is 2.28. The summed E-state index contributed by atoms with van der Waals surface area (Å²) in [4.78, 5) is 24.7. The number of amides is 2. The maximum absolute atomic E-state index is 12.1. The van der Waals surface area contributed by atoms with Crippen LogP contribution in [0.5, 0.6) is 0 Å². The summed E-state index contributed by atoms with van der Waals surface area (Å²) in [5.41, 5.74) is 1.09. The number of aromatic amines is 1. The van der Waals surface area contributed by atoms with Crippen LogP contribution in [0.1, 0.15) is 42.5 Å². The number of carbonyl (C=O) groups excluding carboxylic acids is 1. The first kappa shape index (κ1) is 13.4. The second kappa shape index (κ2) is 4.56. The van der Waals surface area contributed by atoms with Crippen LogP contribution in [0.4, 0.5) is 4.79 Å². The third-order valence-electron chi connectivity index (χ3n) is 2.91. The SMILES string of the molecule is CC(C)(C)NC(=O)N1CCc2[nH]nc(C(=O)O)c2C1. The van der Waals surface area contributed by atoms with Gasteiger partial charge in [0.25, 0.3) is 0 Å². The van der Waals surface area contributed by atoms with Gasteiger partial charge in [0, 0.05) is 29.8 Å². The molecule has 7 heteroatoms. The summed E-state index contributed by atoms with van der Waals surface area (Å²) in [5.74, 6) is -1.07. The number of hydrogen-bond donors (Lipinski definition) is 3. The second-order valence-corrected chi connectivity index (χ2v) is 5.69. The van der Waals surface area contributed by atoms with E-state index >= 15 is 0 Å². The number of urea groups is 1. The first-order valence-corrected chi connectivity index (χ1v) is 6.14. The van der Waals surface area contributed by atoms with E-state index in [0.717, 1.165) is 5.69 Å². The molecule has 0 unspecified atom stereocenters. The Labute approximate surface area is 111 Å². The van der Waals surface area contributed by atoms with Gasteiger partial charge in [-0.05, 0) is 20.8 Å². The van der Waals surface area contributed by atoms with Crippen molar-refractivity contribution in [2.24, 2.45) is 0 Å². The molecule has 19 heavy (non-hydrogen) atoms. The van der Waals surface area contributed by atoms with Gasteiger partial charge in [-0.1, -0.05) is 0 Å². The van der Waals surface area contributed by atoms with Crippen molar-refractivity contribution in [1.29, 1.82) is 0 Å². The molecule has 2 rings (SSSR count). The Bertz CT molecular complexity index is 516. The van der Waals surface area contributed by atoms with Gasteiger partial charge in [0.15, 0.2) is 5.69 Å². The molecule has 0 aliphatic carbocycles. The third-order valence-corrected chi connectivity index (χ3v) is 2.91. The maximum Gasteiger partial charge on any atom is 0.356 e. The molecule has 1 aliphatic rings. The Morgan fingerprint density at radius 2 is 2.11 bits per heavy atom. The molecule has 0 bridgehead atoms. The van der Waals surface area contributed by atoms with Crippen LogP contribution in [-0.2, 0) is 13.0 Å². The summed E-state index contributed by atoms with van der Waals surface area (Å²) in [7, 11) is 0. The highest BCUT2D eigenvalue weighted by Crippen LogP contribution is 2.20. The average Bonchev–Trinajstić information content (AvgIpc) is 2.68. The predicted molar refractivity (Wildman–Crippen MR) is 67.9 cm³/mol. The van der Waals surface area contributed by atoms with Gasteiger partial charge < -0.3 is 15.3 Å². The zero-order valence-electron chi connectivity index (χ0n) is 11.3. The van der Waals surface area contributed by atoms with Crippen molar-refractivity contribution in [2.45, 2.75) is 39.3 Å². The van der Waals surface area contributed by atoms with Crippen LogP contribution >= 0.6 is 0 Å². The molecule has 2 heterocycles. The molecule has 0 saturated heterocycles. The zero-order valence-corrected chi connectivity index (χ0v) is 11.3.